The number of hydrogen-bond donors (Lipinski definition) is 0. The first-order valence-corrected chi connectivity index (χ1v) is 4.35. The molecule has 1 atom stereocenters. The molecule has 0 N–H and O–H groups in total. The summed E-state index contributed by atoms with van der Waals surface area (Å²) in [5.41, 5.74) is 1.10. The predicted molar refractivity (Wildman–Crippen MR) is 55.0 cm³/mol. The van der Waals surface area contributed by atoms with Crippen LogP contribution in [-0.2, 0) is 11.2 Å². The lowest BCUT2D eigenvalue weighted by Gasteiger charge is -2.02. The Balaban J connectivity index is 2.58. The lowest BCUT2D eigenvalue weighted by atomic mass is 10.1. The first-order chi connectivity index (χ1) is 6.86. The highest BCUT2D eigenvalue weighted by Crippen LogP contribution is 2.04. The van der Waals surface area contributed by atoms with Crippen molar-refractivity contribution in [3.8, 4) is 6.07 Å². The van der Waals surface area contributed by atoms with Crippen LogP contribution in [-0.4, -0.2) is 19.6 Å². The Labute approximate surface area is 83.7 Å². The Morgan fingerprint density at radius 2 is 2.21 bits per heavy atom. The average Bonchev–Trinajstić information content (AvgIpc) is 2.25. The van der Waals surface area contributed by atoms with Gasteiger partial charge >= 0.3 is 0 Å². The number of hydrogen-bond acceptors (Lipinski definition) is 3. The number of nitriles is 1. The van der Waals surface area contributed by atoms with Crippen LogP contribution in [0.2, 0.25) is 0 Å². The Morgan fingerprint density at radius 1 is 1.50 bits per heavy atom. The Morgan fingerprint density at radius 3 is 2.79 bits per heavy atom. The van der Waals surface area contributed by atoms with Gasteiger partial charge in [-0.15, -0.1) is 0 Å². The number of methoxy groups -OCH3 is 1. The maximum absolute atomic E-state index is 8.79. The third-order valence-corrected chi connectivity index (χ3v) is 1.77. The van der Waals surface area contributed by atoms with E-state index in [0.717, 1.165) is 5.56 Å². The van der Waals surface area contributed by atoms with Crippen molar-refractivity contribution in [2.75, 3.05) is 7.11 Å². The van der Waals surface area contributed by atoms with E-state index >= 15 is 0 Å². The smallest absolute Gasteiger partial charge is 0.170 e. The minimum Gasteiger partial charge on any atom is -0.487 e. The summed E-state index contributed by atoms with van der Waals surface area (Å²) in [5.74, 6) is 0. The van der Waals surface area contributed by atoms with Gasteiger partial charge in [-0.05, 0) is 5.56 Å². The van der Waals surface area contributed by atoms with Gasteiger partial charge in [-0.2, -0.15) is 5.26 Å². The molecule has 3 heteroatoms. The quantitative estimate of drug-likeness (QED) is 0.534. The molecule has 1 aromatic carbocycles. The number of aliphatic imine (C=N–C) groups is 1. The highest BCUT2D eigenvalue weighted by atomic mass is 16.5. The molecule has 72 valence electrons. The van der Waals surface area contributed by atoms with Gasteiger partial charge < -0.3 is 4.74 Å². The molecule has 0 fully saturated rings. The zero-order valence-corrected chi connectivity index (χ0v) is 8.05. The zero-order valence-electron chi connectivity index (χ0n) is 8.05. The molecular formula is C11H12N2O. The fourth-order valence-electron chi connectivity index (χ4n) is 1.10. The van der Waals surface area contributed by atoms with Crippen LogP contribution in [0.5, 0.6) is 0 Å². The van der Waals surface area contributed by atoms with Crippen molar-refractivity contribution in [1.82, 2.24) is 0 Å². The Bertz CT molecular complexity index is 327. The maximum atomic E-state index is 8.79. The van der Waals surface area contributed by atoms with Crippen molar-refractivity contribution < 1.29 is 4.74 Å². The van der Waals surface area contributed by atoms with Crippen LogP contribution in [0.25, 0.3) is 0 Å². The molecule has 1 aromatic rings. The monoisotopic (exact) mass is 188 g/mol. The molecule has 0 saturated heterocycles. The van der Waals surface area contributed by atoms with E-state index in [-0.39, 0.29) is 6.04 Å². The first-order valence-electron chi connectivity index (χ1n) is 4.35. The molecule has 0 aliphatic heterocycles. The van der Waals surface area contributed by atoms with Gasteiger partial charge in [-0.25, -0.2) is 4.99 Å². The van der Waals surface area contributed by atoms with E-state index in [2.05, 4.69) is 15.8 Å². The SMILES string of the molecule is COC=NC(C#N)Cc1ccccc1. The number of nitrogens with zero attached hydrogens (tertiary/aromatic N) is 2. The molecule has 0 aliphatic rings. The zero-order chi connectivity index (χ0) is 10.2. The summed E-state index contributed by atoms with van der Waals surface area (Å²) >= 11 is 0. The molecular weight excluding hydrogens is 176 g/mol. The van der Waals surface area contributed by atoms with Gasteiger partial charge in [-0.3, -0.25) is 0 Å². The van der Waals surface area contributed by atoms with Crippen LogP contribution in [0, 0.1) is 11.3 Å². The summed E-state index contributed by atoms with van der Waals surface area (Å²) in [6.45, 7) is 0. The van der Waals surface area contributed by atoms with Crippen molar-refractivity contribution in [3.05, 3.63) is 35.9 Å². The van der Waals surface area contributed by atoms with Gasteiger partial charge in [-0.1, -0.05) is 30.3 Å². The number of rotatable bonds is 4. The fraction of sp³-hybridized carbons (Fsp3) is 0.273. The Kier molecular flexibility index (Phi) is 4.22. The lowest BCUT2D eigenvalue weighted by Crippen LogP contribution is -2.05. The summed E-state index contributed by atoms with van der Waals surface area (Å²) < 4.78 is 4.67. The average molecular weight is 188 g/mol. The van der Waals surface area contributed by atoms with Crippen LogP contribution in [0.1, 0.15) is 5.56 Å². The molecule has 0 spiro atoms. The van der Waals surface area contributed by atoms with Crippen LogP contribution < -0.4 is 0 Å². The highest BCUT2D eigenvalue weighted by molar-refractivity contribution is 5.47. The van der Waals surface area contributed by atoms with Crippen LogP contribution in [0.15, 0.2) is 35.3 Å². The van der Waals surface area contributed by atoms with Gasteiger partial charge in [0, 0.05) is 6.42 Å². The molecule has 0 bridgehead atoms. The van der Waals surface area contributed by atoms with E-state index in [0.29, 0.717) is 6.42 Å². The second-order valence-corrected chi connectivity index (χ2v) is 2.82. The molecule has 0 saturated carbocycles. The largest absolute Gasteiger partial charge is 0.487 e. The van der Waals surface area contributed by atoms with E-state index in [1.807, 2.05) is 30.3 Å². The van der Waals surface area contributed by atoms with Crippen molar-refractivity contribution in [2.24, 2.45) is 4.99 Å². The van der Waals surface area contributed by atoms with Crippen molar-refractivity contribution in [1.29, 1.82) is 5.26 Å². The summed E-state index contributed by atoms with van der Waals surface area (Å²) in [7, 11) is 1.51. The second kappa shape index (κ2) is 5.76. The third kappa shape index (κ3) is 3.28. The van der Waals surface area contributed by atoms with Crippen LogP contribution in [0.4, 0.5) is 0 Å². The molecule has 0 aliphatic carbocycles. The van der Waals surface area contributed by atoms with Crippen LogP contribution >= 0.6 is 0 Å². The molecule has 0 radical (unpaired) electrons. The van der Waals surface area contributed by atoms with E-state index in [4.69, 9.17) is 5.26 Å². The van der Waals surface area contributed by atoms with Gasteiger partial charge in [0.1, 0.15) is 6.04 Å². The molecule has 0 heterocycles. The molecule has 1 unspecified atom stereocenters. The minimum atomic E-state index is -0.364. The van der Waals surface area contributed by atoms with Crippen molar-refractivity contribution >= 4 is 6.40 Å². The molecule has 14 heavy (non-hydrogen) atoms. The molecule has 0 amide bonds. The topological polar surface area (TPSA) is 45.4 Å². The van der Waals surface area contributed by atoms with E-state index < -0.39 is 0 Å². The third-order valence-electron chi connectivity index (χ3n) is 1.77. The summed E-state index contributed by atoms with van der Waals surface area (Å²) in [6, 6.07) is 11.5. The van der Waals surface area contributed by atoms with Crippen LogP contribution in [0.3, 0.4) is 0 Å². The summed E-state index contributed by atoms with van der Waals surface area (Å²) in [4.78, 5) is 3.95. The molecule has 1 rings (SSSR count). The lowest BCUT2D eigenvalue weighted by molar-refractivity contribution is 0.419. The minimum absolute atomic E-state index is 0.364. The predicted octanol–water partition coefficient (Wildman–Crippen LogP) is 1.80. The fourth-order valence-corrected chi connectivity index (χ4v) is 1.10. The van der Waals surface area contributed by atoms with E-state index in [9.17, 15) is 0 Å². The van der Waals surface area contributed by atoms with Gasteiger partial charge in [0.05, 0.1) is 13.2 Å². The second-order valence-electron chi connectivity index (χ2n) is 2.82. The summed E-state index contributed by atoms with van der Waals surface area (Å²) in [5, 5.41) is 8.79. The van der Waals surface area contributed by atoms with E-state index in [1.54, 1.807) is 0 Å². The van der Waals surface area contributed by atoms with Gasteiger partial charge in [0.2, 0.25) is 0 Å². The molecule has 3 nitrogen and oxygen atoms in total. The van der Waals surface area contributed by atoms with Crippen molar-refractivity contribution in [3.63, 3.8) is 0 Å². The number of benzene rings is 1. The number of ether oxygens (including phenoxy) is 1. The van der Waals surface area contributed by atoms with E-state index in [1.165, 1.54) is 13.5 Å². The van der Waals surface area contributed by atoms with Crippen molar-refractivity contribution in [2.45, 2.75) is 12.5 Å². The molecule has 0 aromatic heterocycles. The Hall–Kier alpha value is -1.82. The van der Waals surface area contributed by atoms with Gasteiger partial charge in [0.15, 0.2) is 6.40 Å². The normalized spacial score (nSPS) is 12.3. The van der Waals surface area contributed by atoms with Gasteiger partial charge in [0.25, 0.3) is 0 Å². The standard InChI is InChI=1S/C11H12N2O/c1-14-9-13-11(8-12)7-10-5-3-2-4-6-10/h2-6,9,11H,7H2,1H3. The summed E-state index contributed by atoms with van der Waals surface area (Å²) in [6.07, 6.45) is 1.92. The maximum Gasteiger partial charge on any atom is 0.170 e. The first kappa shape index (κ1) is 10.3. The highest BCUT2D eigenvalue weighted by Gasteiger charge is 2.04.